The molecule has 0 N–H and O–H groups in total. The van der Waals surface area contributed by atoms with Gasteiger partial charge in [-0.3, -0.25) is 4.79 Å². The van der Waals surface area contributed by atoms with Crippen LogP contribution in [0.25, 0.3) is 11.4 Å². The van der Waals surface area contributed by atoms with Crippen molar-refractivity contribution in [3.05, 3.63) is 64.5 Å². The van der Waals surface area contributed by atoms with Crippen molar-refractivity contribution < 1.29 is 14.1 Å². The van der Waals surface area contributed by atoms with Crippen molar-refractivity contribution in [3.8, 4) is 17.1 Å². The van der Waals surface area contributed by atoms with Crippen molar-refractivity contribution >= 4 is 17.5 Å². The Kier molecular flexibility index (Phi) is 6.54. The summed E-state index contributed by atoms with van der Waals surface area (Å²) in [6, 6.07) is 13.2. The Hall–Kier alpha value is -2.86. The van der Waals surface area contributed by atoms with E-state index < -0.39 is 6.10 Å². The maximum Gasteiger partial charge on any atom is 0.263 e. The van der Waals surface area contributed by atoms with Crippen molar-refractivity contribution in [3.63, 3.8) is 0 Å². The van der Waals surface area contributed by atoms with Crippen molar-refractivity contribution in [2.75, 3.05) is 7.05 Å². The second-order valence-electron chi connectivity index (χ2n) is 7.00. The molecule has 2 aromatic carbocycles. The van der Waals surface area contributed by atoms with Crippen molar-refractivity contribution in [2.45, 2.75) is 39.8 Å². The van der Waals surface area contributed by atoms with Gasteiger partial charge in [-0.05, 0) is 44.0 Å². The van der Waals surface area contributed by atoms with Gasteiger partial charge in [0.1, 0.15) is 5.75 Å². The average molecular weight is 414 g/mol. The number of rotatable bonds is 7. The smallest absolute Gasteiger partial charge is 0.263 e. The zero-order valence-corrected chi connectivity index (χ0v) is 17.7. The third-order valence-corrected chi connectivity index (χ3v) is 5.00. The second kappa shape index (κ2) is 9.09. The highest BCUT2D eigenvalue weighted by atomic mass is 35.5. The highest BCUT2D eigenvalue weighted by Crippen LogP contribution is 2.23. The first-order chi connectivity index (χ1) is 13.9. The normalized spacial score (nSPS) is 11.9. The van der Waals surface area contributed by atoms with E-state index in [-0.39, 0.29) is 12.5 Å². The Balaban J connectivity index is 1.65. The highest BCUT2D eigenvalue weighted by molar-refractivity contribution is 6.31. The van der Waals surface area contributed by atoms with Crippen molar-refractivity contribution in [1.82, 2.24) is 15.0 Å². The molecule has 3 aromatic rings. The predicted molar refractivity (Wildman–Crippen MR) is 112 cm³/mol. The van der Waals surface area contributed by atoms with Crippen molar-refractivity contribution in [1.29, 1.82) is 0 Å². The van der Waals surface area contributed by atoms with Crippen LogP contribution in [0.3, 0.4) is 0 Å². The molecule has 0 aliphatic carbocycles. The minimum atomic E-state index is -0.611. The molecule has 0 fully saturated rings. The number of hydrogen-bond donors (Lipinski definition) is 0. The van der Waals surface area contributed by atoms with E-state index in [1.165, 1.54) is 4.90 Å². The molecule has 6 nitrogen and oxygen atoms in total. The lowest BCUT2D eigenvalue weighted by molar-refractivity contribution is -0.138. The fraction of sp³-hybridized carbons (Fsp3) is 0.318. The Morgan fingerprint density at radius 3 is 2.59 bits per heavy atom. The number of benzene rings is 2. The summed E-state index contributed by atoms with van der Waals surface area (Å²) < 4.78 is 11.2. The first kappa shape index (κ1) is 20.9. The van der Waals surface area contributed by atoms with Crippen LogP contribution in [0.2, 0.25) is 5.02 Å². The van der Waals surface area contributed by atoms with Gasteiger partial charge in [-0.1, -0.05) is 53.5 Å². The van der Waals surface area contributed by atoms with Crippen LogP contribution in [0.15, 0.2) is 47.0 Å². The van der Waals surface area contributed by atoms with Crippen LogP contribution in [-0.4, -0.2) is 34.1 Å². The number of aryl methyl sites for hydroxylation is 2. The van der Waals surface area contributed by atoms with Gasteiger partial charge >= 0.3 is 0 Å². The number of aromatic nitrogens is 2. The van der Waals surface area contributed by atoms with Crippen LogP contribution < -0.4 is 4.74 Å². The molecule has 29 heavy (non-hydrogen) atoms. The molecule has 1 unspecified atom stereocenters. The summed E-state index contributed by atoms with van der Waals surface area (Å²) in [4.78, 5) is 18.8. The number of amides is 1. The van der Waals surface area contributed by atoms with E-state index in [0.717, 1.165) is 16.7 Å². The summed E-state index contributed by atoms with van der Waals surface area (Å²) in [5, 5.41) is 4.67. The lowest BCUT2D eigenvalue weighted by Crippen LogP contribution is -2.39. The molecule has 1 atom stereocenters. The zero-order valence-electron chi connectivity index (χ0n) is 17.0. The van der Waals surface area contributed by atoms with Crippen LogP contribution in [0.4, 0.5) is 0 Å². The number of halogens is 1. The average Bonchev–Trinajstić information content (AvgIpc) is 3.17. The number of carbonyl (C=O) groups excluding carboxylic acids is 1. The van der Waals surface area contributed by atoms with E-state index in [0.29, 0.717) is 28.9 Å². The standard InChI is InChI=1S/C22H24ClN3O3/c1-5-19(28-17-10-11-18(23)15(3)12-17)22(27)26(4)13-20-24-21(25-29-20)16-8-6-14(2)7-9-16/h6-12,19H,5,13H2,1-4H3. The second-order valence-corrected chi connectivity index (χ2v) is 7.40. The molecule has 3 rings (SSSR count). The van der Waals surface area contributed by atoms with E-state index in [1.54, 1.807) is 19.2 Å². The number of ether oxygens (including phenoxy) is 1. The van der Waals surface area contributed by atoms with E-state index in [2.05, 4.69) is 10.1 Å². The number of carbonyl (C=O) groups is 1. The topological polar surface area (TPSA) is 68.5 Å². The van der Waals surface area contributed by atoms with E-state index in [4.69, 9.17) is 20.9 Å². The molecule has 0 saturated heterocycles. The Morgan fingerprint density at radius 1 is 1.21 bits per heavy atom. The van der Waals surface area contributed by atoms with Crippen LogP contribution in [0.1, 0.15) is 30.4 Å². The van der Waals surface area contributed by atoms with Crippen LogP contribution in [0.5, 0.6) is 5.75 Å². The molecule has 0 saturated carbocycles. The fourth-order valence-corrected chi connectivity index (χ4v) is 2.95. The molecule has 0 aliphatic rings. The quantitative estimate of drug-likeness (QED) is 0.555. The summed E-state index contributed by atoms with van der Waals surface area (Å²) in [6.45, 7) is 6.02. The zero-order chi connectivity index (χ0) is 21.0. The van der Waals surface area contributed by atoms with Gasteiger partial charge < -0.3 is 14.2 Å². The summed E-state index contributed by atoms with van der Waals surface area (Å²) in [6.07, 6.45) is -0.0800. The molecular formula is C22H24ClN3O3. The van der Waals surface area contributed by atoms with E-state index in [9.17, 15) is 4.79 Å². The van der Waals surface area contributed by atoms with E-state index >= 15 is 0 Å². The van der Waals surface area contributed by atoms with Gasteiger partial charge in [0.05, 0.1) is 6.54 Å². The molecule has 1 heterocycles. The van der Waals surface area contributed by atoms with Crippen LogP contribution in [-0.2, 0) is 11.3 Å². The summed E-state index contributed by atoms with van der Waals surface area (Å²) in [7, 11) is 1.69. The molecule has 1 aromatic heterocycles. The molecule has 0 spiro atoms. The summed E-state index contributed by atoms with van der Waals surface area (Å²) >= 11 is 6.05. The third kappa shape index (κ3) is 5.15. The monoisotopic (exact) mass is 413 g/mol. The summed E-state index contributed by atoms with van der Waals surface area (Å²) in [5.74, 6) is 1.32. The maximum atomic E-state index is 12.8. The minimum Gasteiger partial charge on any atom is -0.481 e. The molecule has 0 aliphatic heterocycles. The van der Waals surface area contributed by atoms with E-state index in [1.807, 2.05) is 51.1 Å². The predicted octanol–water partition coefficient (Wildman–Crippen LogP) is 4.82. The molecule has 152 valence electrons. The Morgan fingerprint density at radius 2 is 1.93 bits per heavy atom. The SMILES string of the molecule is CCC(Oc1ccc(Cl)c(C)c1)C(=O)N(C)Cc1nc(-c2ccc(C)cc2)no1. The Labute approximate surface area is 175 Å². The molecule has 7 heteroatoms. The Bertz CT molecular complexity index is 985. The van der Waals surface area contributed by atoms with Crippen molar-refractivity contribution in [2.24, 2.45) is 0 Å². The van der Waals surface area contributed by atoms with Gasteiger partial charge in [0, 0.05) is 17.6 Å². The van der Waals surface area contributed by atoms with Gasteiger partial charge in [-0.15, -0.1) is 0 Å². The lowest BCUT2D eigenvalue weighted by atomic mass is 10.1. The molecule has 1 amide bonds. The largest absolute Gasteiger partial charge is 0.481 e. The number of hydrogen-bond acceptors (Lipinski definition) is 5. The first-order valence-electron chi connectivity index (χ1n) is 9.44. The first-order valence-corrected chi connectivity index (χ1v) is 9.82. The van der Waals surface area contributed by atoms with Gasteiger partial charge in [0.15, 0.2) is 6.10 Å². The highest BCUT2D eigenvalue weighted by Gasteiger charge is 2.24. The number of nitrogens with zero attached hydrogens (tertiary/aromatic N) is 3. The molecule has 0 bridgehead atoms. The van der Waals surface area contributed by atoms with Gasteiger partial charge in [-0.25, -0.2) is 0 Å². The van der Waals surface area contributed by atoms with Gasteiger partial charge in [-0.2, -0.15) is 4.98 Å². The van der Waals surface area contributed by atoms with Gasteiger partial charge in [0.2, 0.25) is 11.7 Å². The van der Waals surface area contributed by atoms with Crippen LogP contribution >= 0.6 is 11.6 Å². The maximum absolute atomic E-state index is 12.8. The third-order valence-electron chi connectivity index (χ3n) is 4.58. The number of likely N-dealkylation sites (N-methyl/N-ethyl adjacent to an activating group) is 1. The molecule has 0 radical (unpaired) electrons. The molecular weight excluding hydrogens is 390 g/mol. The lowest BCUT2D eigenvalue weighted by Gasteiger charge is -2.23. The van der Waals surface area contributed by atoms with Crippen LogP contribution in [0, 0.1) is 13.8 Å². The summed E-state index contributed by atoms with van der Waals surface area (Å²) in [5.41, 5.74) is 2.92. The van der Waals surface area contributed by atoms with Gasteiger partial charge in [0.25, 0.3) is 5.91 Å². The minimum absolute atomic E-state index is 0.157. The fourth-order valence-electron chi connectivity index (χ4n) is 2.83.